The van der Waals surface area contributed by atoms with Gasteiger partial charge in [-0.1, -0.05) is 60.2 Å². The van der Waals surface area contributed by atoms with Crippen LogP contribution in [0, 0.1) is 13.8 Å². The van der Waals surface area contributed by atoms with Gasteiger partial charge in [-0.3, -0.25) is 0 Å². The van der Waals surface area contributed by atoms with Crippen molar-refractivity contribution in [1.82, 2.24) is 0 Å². The van der Waals surface area contributed by atoms with Crippen LogP contribution in [0.1, 0.15) is 11.1 Å². The third-order valence-electron chi connectivity index (χ3n) is 3.29. The number of aryl methyl sites for hydroxylation is 2. The monoisotopic (exact) mass is 248 g/mol. The van der Waals surface area contributed by atoms with E-state index in [1.165, 1.54) is 11.1 Å². The molecule has 0 amide bonds. The van der Waals surface area contributed by atoms with Crippen molar-refractivity contribution in [3.05, 3.63) is 71.8 Å². The first-order chi connectivity index (χ1) is 9.24. The minimum Gasteiger partial charge on any atom is -0.456 e. The molecule has 0 saturated heterocycles. The first-order valence-electron chi connectivity index (χ1n) is 6.47. The molecule has 1 heterocycles. The van der Waals surface area contributed by atoms with E-state index in [4.69, 9.17) is 4.42 Å². The summed E-state index contributed by atoms with van der Waals surface area (Å²) >= 11 is 0. The molecule has 0 fully saturated rings. The number of furan rings is 1. The number of benzene rings is 2. The molecule has 0 atom stereocenters. The van der Waals surface area contributed by atoms with E-state index in [0.717, 1.165) is 22.6 Å². The van der Waals surface area contributed by atoms with E-state index in [-0.39, 0.29) is 0 Å². The molecular weight excluding hydrogens is 232 g/mol. The quantitative estimate of drug-likeness (QED) is 0.605. The highest BCUT2D eigenvalue weighted by Gasteiger charge is 2.10. The molecule has 3 aromatic rings. The maximum absolute atomic E-state index is 6.03. The lowest BCUT2D eigenvalue weighted by Gasteiger charge is -2.00. The van der Waals surface area contributed by atoms with E-state index in [1.54, 1.807) is 0 Å². The maximum Gasteiger partial charge on any atom is 0.137 e. The smallest absolute Gasteiger partial charge is 0.137 e. The molecule has 3 rings (SSSR count). The molecule has 0 aliphatic heterocycles. The van der Waals surface area contributed by atoms with Gasteiger partial charge in [0.15, 0.2) is 0 Å². The molecule has 0 aliphatic rings. The summed E-state index contributed by atoms with van der Waals surface area (Å²) < 4.78 is 6.03. The largest absolute Gasteiger partial charge is 0.456 e. The molecule has 1 nitrogen and oxygen atoms in total. The fraction of sp³-hybridized carbons (Fsp3) is 0.111. The van der Waals surface area contributed by atoms with Crippen molar-refractivity contribution in [2.45, 2.75) is 13.8 Å². The van der Waals surface area contributed by atoms with Crippen molar-refractivity contribution in [2.24, 2.45) is 0 Å². The van der Waals surface area contributed by atoms with Gasteiger partial charge in [0.1, 0.15) is 11.5 Å². The number of hydrogen-bond acceptors (Lipinski definition) is 1. The molecule has 1 heteroatoms. The van der Waals surface area contributed by atoms with E-state index in [9.17, 15) is 0 Å². The molecule has 0 bridgehead atoms. The van der Waals surface area contributed by atoms with E-state index in [0.29, 0.717) is 0 Å². The molecule has 0 unspecified atom stereocenters. The molecule has 2 aromatic carbocycles. The Hall–Kier alpha value is -2.28. The van der Waals surface area contributed by atoms with Gasteiger partial charge in [-0.2, -0.15) is 0 Å². The van der Waals surface area contributed by atoms with Gasteiger partial charge in [-0.05, 0) is 25.5 Å². The minimum atomic E-state index is 0.925. The molecule has 94 valence electrons. The normalized spacial score (nSPS) is 10.6. The summed E-state index contributed by atoms with van der Waals surface area (Å²) in [6, 6.07) is 20.7. The average Bonchev–Trinajstić information content (AvgIpc) is 2.83. The Balaban J connectivity index is 2.05. The summed E-state index contributed by atoms with van der Waals surface area (Å²) in [7, 11) is 0. The van der Waals surface area contributed by atoms with E-state index < -0.39 is 0 Å². The standard InChI is InChI=1S/C18H16O/c1-13-8-10-16(11-9-13)18-14(2)12-17(19-18)15-6-4-3-5-7-15/h3-12H,1-2H3. The van der Waals surface area contributed by atoms with Crippen LogP contribution in [0.2, 0.25) is 0 Å². The Morgan fingerprint density at radius 2 is 1.42 bits per heavy atom. The number of hydrogen-bond donors (Lipinski definition) is 0. The lowest BCUT2D eigenvalue weighted by Crippen LogP contribution is -1.77. The van der Waals surface area contributed by atoms with E-state index in [2.05, 4.69) is 56.3 Å². The van der Waals surface area contributed by atoms with E-state index >= 15 is 0 Å². The Morgan fingerprint density at radius 3 is 2.11 bits per heavy atom. The van der Waals surface area contributed by atoms with Gasteiger partial charge in [-0.25, -0.2) is 0 Å². The molecular formula is C18H16O. The zero-order valence-electron chi connectivity index (χ0n) is 11.2. The second-order valence-electron chi connectivity index (χ2n) is 4.85. The Kier molecular flexibility index (Phi) is 2.96. The van der Waals surface area contributed by atoms with Crippen LogP contribution in [0.5, 0.6) is 0 Å². The van der Waals surface area contributed by atoms with Gasteiger partial charge < -0.3 is 4.42 Å². The highest BCUT2D eigenvalue weighted by Crippen LogP contribution is 2.32. The van der Waals surface area contributed by atoms with Crippen LogP contribution in [-0.4, -0.2) is 0 Å². The Morgan fingerprint density at radius 1 is 0.737 bits per heavy atom. The molecule has 0 saturated carbocycles. The lowest BCUT2D eigenvalue weighted by molar-refractivity contribution is 0.595. The van der Waals surface area contributed by atoms with Crippen molar-refractivity contribution in [2.75, 3.05) is 0 Å². The molecule has 0 spiro atoms. The molecule has 0 radical (unpaired) electrons. The van der Waals surface area contributed by atoms with Crippen LogP contribution in [0.15, 0.2) is 65.1 Å². The lowest BCUT2D eigenvalue weighted by atomic mass is 10.1. The van der Waals surface area contributed by atoms with Crippen LogP contribution in [0.25, 0.3) is 22.6 Å². The summed E-state index contributed by atoms with van der Waals surface area (Å²) in [5, 5.41) is 0. The maximum atomic E-state index is 6.03. The van der Waals surface area contributed by atoms with Crippen LogP contribution >= 0.6 is 0 Å². The van der Waals surface area contributed by atoms with Gasteiger partial charge in [0.2, 0.25) is 0 Å². The third-order valence-corrected chi connectivity index (χ3v) is 3.29. The second kappa shape index (κ2) is 4.77. The predicted octanol–water partition coefficient (Wildman–Crippen LogP) is 5.23. The first-order valence-corrected chi connectivity index (χ1v) is 6.47. The Bertz CT molecular complexity index is 675. The minimum absolute atomic E-state index is 0.925. The number of rotatable bonds is 2. The van der Waals surface area contributed by atoms with Gasteiger partial charge >= 0.3 is 0 Å². The summed E-state index contributed by atoms with van der Waals surface area (Å²) in [4.78, 5) is 0. The van der Waals surface area contributed by atoms with Crippen LogP contribution in [0.4, 0.5) is 0 Å². The highest BCUT2D eigenvalue weighted by atomic mass is 16.3. The SMILES string of the molecule is Cc1ccc(-c2oc(-c3ccccc3)cc2C)cc1. The fourth-order valence-electron chi connectivity index (χ4n) is 2.22. The zero-order chi connectivity index (χ0) is 13.2. The molecule has 19 heavy (non-hydrogen) atoms. The highest BCUT2D eigenvalue weighted by molar-refractivity contribution is 5.68. The first kappa shape index (κ1) is 11.8. The summed E-state index contributed by atoms with van der Waals surface area (Å²) in [5.74, 6) is 1.88. The summed E-state index contributed by atoms with van der Waals surface area (Å²) in [6.45, 7) is 4.18. The molecule has 0 aliphatic carbocycles. The summed E-state index contributed by atoms with van der Waals surface area (Å²) in [5.41, 5.74) is 4.67. The van der Waals surface area contributed by atoms with Gasteiger partial charge in [0.25, 0.3) is 0 Å². The van der Waals surface area contributed by atoms with Gasteiger partial charge in [0.05, 0.1) is 0 Å². The van der Waals surface area contributed by atoms with Gasteiger partial charge in [0, 0.05) is 11.1 Å². The van der Waals surface area contributed by atoms with Crippen molar-refractivity contribution in [1.29, 1.82) is 0 Å². The fourth-order valence-corrected chi connectivity index (χ4v) is 2.22. The Labute approximate surface area is 113 Å². The predicted molar refractivity (Wildman–Crippen MR) is 79.1 cm³/mol. The van der Waals surface area contributed by atoms with Crippen LogP contribution < -0.4 is 0 Å². The van der Waals surface area contributed by atoms with Crippen LogP contribution in [0.3, 0.4) is 0 Å². The summed E-state index contributed by atoms with van der Waals surface area (Å²) in [6.07, 6.45) is 0. The van der Waals surface area contributed by atoms with Crippen molar-refractivity contribution >= 4 is 0 Å². The van der Waals surface area contributed by atoms with E-state index in [1.807, 2.05) is 18.2 Å². The van der Waals surface area contributed by atoms with Crippen LogP contribution in [-0.2, 0) is 0 Å². The van der Waals surface area contributed by atoms with Crippen molar-refractivity contribution < 1.29 is 4.42 Å². The molecule has 0 N–H and O–H groups in total. The third kappa shape index (κ3) is 2.32. The van der Waals surface area contributed by atoms with Crippen molar-refractivity contribution in [3.63, 3.8) is 0 Å². The van der Waals surface area contributed by atoms with Crippen molar-refractivity contribution in [3.8, 4) is 22.6 Å². The average molecular weight is 248 g/mol. The zero-order valence-corrected chi connectivity index (χ0v) is 11.2. The second-order valence-corrected chi connectivity index (χ2v) is 4.85. The molecule has 1 aromatic heterocycles. The van der Waals surface area contributed by atoms with Gasteiger partial charge in [-0.15, -0.1) is 0 Å². The topological polar surface area (TPSA) is 13.1 Å².